The van der Waals surface area contributed by atoms with Gasteiger partial charge >= 0.3 is 0 Å². The number of nitro groups is 1. The minimum atomic E-state index is -0.674. The van der Waals surface area contributed by atoms with E-state index in [-0.39, 0.29) is 16.9 Å². The number of anilines is 1. The molecular weight excluding hydrogens is 477 g/mol. The average molecular weight is 493 g/mol. The minimum Gasteiger partial charge on any atom is -0.492 e. The van der Waals surface area contributed by atoms with Gasteiger partial charge < -0.3 is 14.8 Å². The molecule has 9 heteroatoms. The van der Waals surface area contributed by atoms with E-state index in [9.17, 15) is 20.2 Å². The fourth-order valence-electron chi connectivity index (χ4n) is 2.34. The van der Waals surface area contributed by atoms with Gasteiger partial charge in [0.2, 0.25) is 0 Å². The van der Waals surface area contributed by atoms with E-state index in [1.165, 1.54) is 37.5 Å². The van der Waals surface area contributed by atoms with Gasteiger partial charge in [-0.25, -0.2) is 0 Å². The number of hydrogen-bond acceptors (Lipinski definition) is 6. The molecule has 0 saturated carbocycles. The predicted octanol–water partition coefficient (Wildman–Crippen LogP) is 4.15. The Morgan fingerprint density at radius 1 is 1.39 bits per heavy atom. The topological polar surface area (TPSA) is 114 Å². The lowest BCUT2D eigenvalue weighted by molar-refractivity contribution is -0.384. The van der Waals surface area contributed by atoms with E-state index in [4.69, 9.17) is 9.47 Å². The molecule has 28 heavy (non-hydrogen) atoms. The highest BCUT2D eigenvalue weighted by Gasteiger charge is 2.14. The van der Waals surface area contributed by atoms with Crippen LogP contribution in [0.3, 0.4) is 0 Å². The highest BCUT2D eigenvalue weighted by Crippen LogP contribution is 2.34. The highest BCUT2D eigenvalue weighted by molar-refractivity contribution is 14.1. The average Bonchev–Trinajstić information content (AvgIpc) is 2.66. The second-order valence-electron chi connectivity index (χ2n) is 5.40. The smallest absolute Gasteiger partial charge is 0.271 e. The van der Waals surface area contributed by atoms with E-state index in [0.717, 1.165) is 3.57 Å². The maximum atomic E-state index is 12.4. The molecule has 144 valence electrons. The Labute approximate surface area is 175 Å². The number of benzene rings is 2. The van der Waals surface area contributed by atoms with Crippen LogP contribution in [0.5, 0.6) is 11.5 Å². The van der Waals surface area contributed by atoms with Crippen molar-refractivity contribution >= 4 is 45.9 Å². The first-order chi connectivity index (χ1) is 13.4. The number of nitriles is 1. The zero-order chi connectivity index (χ0) is 20.7. The van der Waals surface area contributed by atoms with E-state index in [0.29, 0.717) is 23.7 Å². The fraction of sp³-hybridized carbons (Fsp3) is 0.158. The third kappa shape index (κ3) is 5.20. The Balaban J connectivity index is 2.33. The standard InChI is InChI=1S/C19H16IN3O5/c1-3-28-17-9-12(8-16(20)18(17)27-2)7-13(11-21)19(24)22-14-5-4-6-15(10-14)23(25)26/h4-10H,3H2,1-2H3,(H,22,24)/b13-7-. The van der Waals surface area contributed by atoms with Crippen molar-refractivity contribution in [1.82, 2.24) is 0 Å². The first-order valence-electron chi connectivity index (χ1n) is 8.07. The maximum absolute atomic E-state index is 12.4. The molecule has 1 amide bonds. The minimum absolute atomic E-state index is 0.157. The van der Waals surface area contributed by atoms with Crippen molar-refractivity contribution < 1.29 is 19.2 Å². The van der Waals surface area contributed by atoms with Crippen molar-refractivity contribution in [3.8, 4) is 17.6 Å². The van der Waals surface area contributed by atoms with Crippen LogP contribution in [-0.2, 0) is 4.79 Å². The molecule has 0 heterocycles. The summed E-state index contributed by atoms with van der Waals surface area (Å²) in [4.78, 5) is 22.7. The van der Waals surface area contributed by atoms with Crippen molar-refractivity contribution in [3.05, 3.63) is 61.2 Å². The molecule has 0 saturated heterocycles. The van der Waals surface area contributed by atoms with Gasteiger partial charge in [-0.3, -0.25) is 14.9 Å². The van der Waals surface area contributed by atoms with E-state index in [1.54, 1.807) is 12.1 Å². The molecule has 0 fully saturated rings. The number of amides is 1. The van der Waals surface area contributed by atoms with Crippen LogP contribution in [0.4, 0.5) is 11.4 Å². The Kier molecular flexibility index (Phi) is 7.34. The molecule has 2 aromatic rings. The van der Waals surface area contributed by atoms with Gasteiger partial charge in [0.1, 0.15) is 11.6 Å². The summed E-state index contributed by atoms with van der Waals surface area (Å²) < 4.78 is 11.6. The number of hydrogen-bond donors (Lipinski definition) is 1. The summed E-state index contributed by atoms with van der Waals surface area (Å²) in [6.07, 6.45) is 1.41. The number of rotatable bonds is 7. The van der Waals surface area contributed by atoms with Gasteiger partial charge in [0.05, 0.1) is 22.2 Å². The third-order valence-corrected chi connectivity index (χ3v) is 4.33. The second-order valence-corrected chi connectivity index (χ2v) is 6.56. The van der Waals surface area contributed by atoms with E-state index < -0.39 is 10.8 Å². The van der Waals surface area contributed by atoms with Gasteiger partial charge in [0, 0.05) is 17.8 Å². The molecule has 2 rings (SSSR count). The summed E-state index contributed by atoms with van der Waals surface area (Å²) in [5, 5.41) is 22.7. The van der Waals surface area contributed by atoms with Crippen LogP contribution in [0.25, 0.3) is 6.08 Å². The molecule has 8 nitrogen and oxygen atoms in total. The molecule has 2 aromatic carbocycles. The molecule has 0 atom stereocenters. The Morgan fingerprint density at radius 2 is 2.14 bits per heavy atom. The first kappa shape index (κ1) is 21.2. The number of non-ortho nitro benzene ring substituents is 1. The molecule has 0 bridgehead atoms. The largest absolute Gasteiger partial charge is 0.492 e. The molecular formula is C19H16IN3O5. The van der Waals surface area contributed by atoms with Gasteiger partial charge in [0.15, 0.2) is 11.5 Å². The summed E-state index contributed by atoms with van der Waals surface area (Å²) in [5.41, 5.74) is 0.486. The van der Waals surface area contributed by atoms with Gasteiger partial charge in [-0.2, -0.15) is 5.26 Å². The van der Waals surface area contributed by atoms with Crippen LogP contribution in [0.2, 0.25) is 0 Å². The van der Waals surface area contributed by atoms with Crippen LogP contribution >= 0.6 is 22.6 Å². The summed E-state index contributed by atoms with van der Waals surface area (Å²) in [6, 6.07) is 10.7. The molecule has 0 radical (unpaired) electrons. The lowest BCUT2D eigenvalue weighted by Crippen LogP contribution is -2.13. The van der Waals surface area contributed by atoms with Crippen molar-refractivity contribution in [1.29, 1.82) is 5.26 Å². The molecule has 0 aliphatic heterocycles. The predicted molar refractivity (Wildman–Crippen MR) is 112 cm³/mol. The molecule has 0 aromatic heterocycles. The number of methoxy groups -OCH3 is 1. The fourth-order valence-corrected chi connectivity index (χ4v) is 3.19. The monoisotopic (exact) mass is 493 g/mol. The second kappa shape index (κ2) is 9.70. The Bertz CT molecular complexity index is 982. The van der Waals surface area contributed by atoms with Gasteiger partial charge in [-0.15, -0.1) is 0 Å². The molecule has 0 spiro atoms. The van der Waals surface area contributed by atoms with Crippen LogP contribution in [-0.4, -0.2) is 24.5 Å². The lowest BCUT2D eigenvalue weighted by atomic mass is 10.1. The molecule has 0 unspecified atom stereocenters. The lowest BCUT2D eigenvalue weighted by Gasteiger charge is -2.12. The van der Waals surface area contributed by atoms with Gasteiger partial charge in [-0.05, 0) is 59.4 Å². The molecule has 0 aliphatic carbocycles. The van der Waals surface area contributed by atoms with Crippen LogP contribution in [0, 0.1) is 25.0 Å². The zero-order valence-corrected chi connectivity index (χ0v) is 17.2. The molecule has 1 N–H and O–H groups in total. The Morgan fingerprint density at radius 3 is 2.75 bits per heavy atom. The van der Waals surface area contributed by atoms with Gasteiger partial charge in [0.25, 0.3) is 11.6 Å². The summed E-state index contributed by atoms with van der Waals surface area (Å²) in [5.74, 6) is 0.394. The van der Waals surface area contributed by atoms with E-state index in [2.05, 4.69) is 27.9 Å². The van der Waals surface area contributed by atoms with E-state index in [1.807, 2.05) is 13.0 Å². The van der Waals surface area contributed by atoms with E-state index >= 15 is 0 Å². The SMILES string of the molecule is CCOc1cc(/C=C(/C#N)C(=O)Nc2cccc([N+](=O)[O-])c2)cc(I)c1OC. The number of ether oxygens (including phenoxy) is 2. The van der Waals surface area contributed by atoms with Crippen molar-refractivity contribution in [2.45, 2.75) is 6.92 Å². The summed E-state index contributed by atoms with van der Waals surface area (Å²) in [6.45, 7) is 2.26. The van der Waals surface area contributed by atoms with Crippen molar-refractivity contribution in [2.24, 2.45) is 0 Å². The molecule has 0 aliphatic rings. The summed E-state index contributed by atoms with van der Waals surface area (Å²) >= 11 is 2.07. The normalized spacial score (nSPS) is 10.7. The Hall–Kier alpha value is -3.13. The number of nitrogens with zero attached hydrogens (tertiary/aromatic N) is 2. The zero-order valence-electron chi connectivity index (χ0n) is 15.1. The third-order valence-electron chi connectivity index (χ3n) is 3.53. The number of carbonyl (C=O) groups excluding carboxylic acids is 1. The first-order valence-corrected chi connectivity index (χ1v) is 9.15. The summed E-state index contributed by atoms with van der Waals surface area (Å²) in [7, 11) is 1.53. The maximum Gasteiger partial charge on any atom is 0.271 e. The van der Waals surface area contributed by atoms with Gasteiger partial charge in [-0.1, -0.05) is 6.07 Å². The highest BCUT2D eigenvalue weighted by atomic mass is 127. The number of carbonyl (C=O) groups is 1. The van der Waals surface area contributed by atoms with Crippen molar-refractivity contribution in [2.75, 3.05) is 19.0 Å². The number of nitro benzene ring substituents is 1. The number of halogens is 1. The van der Waals surface area contributed by atoms with Crippen LogP contribution in [0.1, 0.15) is 12.5 Å². The number of nitrogens with one attached hydrogen (secondary N) is 1. The quantitative estimate of drug-likeness (QED) is 0.204. The van der Waals surface area contributed by atoms with Crippen LogP contribution in [0.15, 0.2) is 42.0 Å². The van der Waals surface area contributed by atoms with Crippen molar-refractivity contribution in [3.63, 3.8) is 0 Å². The van der Waals surface area contributed by atoms with Crippen LogP contribution < -0.4 is 14.8 Å².